The summed E-state index contributed by atoms with van der Waals surface area (Å²) in [5.41, 5.74) is 5.78. The first-order valence-electron chi connectivity index (χ1n) is 16.9. The van der Waals surface area contributed by atoms with E-state index >= 15 is 0 Å². The number of aliphatic hydroxyl groups excluding tert-OH is 1. The van der Waals surface area contributed by atoms with Crippen LogP contribution in [0.25, 0.3) is 0 Å². The number of anilines is 1. The number of piperidine rings is 1. The maximum atomic E-state index is 14.1. The van der Waals surface area contributed by atoms with Gasteiger partial charge in [-0.15, -0.1) is 0 Å². The van der Waals surface area contributed by atoms with Gasteiger partial charge in [-0.1, -0.05) is 60.7 Å². The van der Waals surface area contributed by atoms with Gasteiger partial charge in [-0.3, -0.25) is 19.2 Å². The summed E-state index contributed by atoms with van der Waals surface area (Å²) in [6.07, 6.45) is 4.96. The number of aryl methyl sites for hydroxylation is 2. The molecule has 2 atom stereocenters. The number of Topliss-reactive ketones (excluding diaryl/α,β-unsaturated/α-hetero) is 1. The van der Waals surface area contributed by atoms with Crippen molar-refractivity contribution in [3.05, 3.63) is 101 Å². The number of nitrogens with zero attached hydrogens (tertiary/aromatic N) is 2. The van der Waals surface area contributed by atoms with E-state index in [4.69, 9.17) is 0 Å². The minimum absolute atomic E-state index is 0.0112. The van der Waals surface area contributed by atoms with Gasteiger partial charge in [0.05, 0.1) is 6.10 Å². The average molecular weight is 637 g/mol. The molecule has 6 rings (SSSR count). The molecule has 3 aromatic carbocycles. The quantitative estimate of drug-likeness (QED) is 0.273. The van der Waals surface area contributed by atoms with Crippen molar-refractivity contribution in [1.82, 2.24) is 15.1 Å². The van der Waals surface area contributed by atoms with Crippen molar-refractivity contribution in [2.24, 2.45) is 0 Å². The van der Waals surface area contributed by atoms with E-state index in [-0.39, 0.29) is 49.0 Å². The van der Waals surface area contributed by atoms with E-state index in [1.165, 1.54) is 11.1 Å². The highest BCUT2D eigenvalue weighted by Crippen LogP contribution is 2.27. The van der Waals surface area contributed by atoms with E-state index in [0.29, 0.717) is 43.5 Å². The summed E-state index contributed by atoms with van der Waals surface area (Å²) in [4.78, 5) is 58.1. The number of carbonyl (C=O) groups excluding carboxylic acids is 4. The number of amides is 3. The van der Waals surface area contributed by atoms with Crippen LogP contribution in [-0.2, 0) is 40.2 Å². The largest absolute Gasteiger partial charge is 0.393 e. The lowest BCUT2D eigenvalue weighted by Crippen LogP contribution is -2.56. The van der Waals surface area contributed by atoms with Crippen molar-refractivity contribution in [2.45, 2.75) is 82.5 Å². The van der Waals surface area contributed by atoms with E-state index in [9.17, 15) is 24.3 Å². The maximum absolute atomic E-state index is 14.1. The highest BCUT2D eigenvalue weighted by atomic mass is 16.3. The molecule has 3 aliphatic rings. The molecule has 0 aromatic heterocycles. The normalized spacial score (nSPS) is 18.6. The first kappa shape index (κ1) is 32.6. The molecule has 3 N–H and O–H groups in total. The second-order valence-electron chi connectivity index (χ2n) is 13.0. The molecule has 0 spiro atoms. The molecule has 47 heavy (non-hydrogen) atoms. The molecular weight excluding hydrogens is 592 g/mol. The molecule has 1 saturated heterocycles. The predicted molar refractivity (Wildman–Crippen MR) is 180 cm³/mol. The number of hydrogen-bond donors (Lipinski definition) is 3. The minimum Gasteiger partial charge on any atom is -0.393 e. The maximum Gasteiger partial charge on any atom is 0.246 e. The Kier molecular flexibility index (Phi) is 10.4. The van der Waals surface area contributed by atoms with Crippen molar-refractivity contribution in [3.8, 4) is 0 Å². The number of likely N-dealkylation sites (tertiary alicyclic amines) is 1. The summed E-state index contributed by atoms with van der Waals surface area (Å²) in [6.45, 7) is 2.32. The first-order chi connectivity index (χ1) is 22.8. The molecule has 3 amide bonds. The smallest absolute Gasteiger partial charge is 0.246 e. The molecule has 0 saturated carbocycles. The minimum atomic E-state index is -0.823. The monoisotopic (exact) mass is 636 g/mol. The van der Waals surface area contributed by atoms with Gasteiger partial charge in [0.2, 0.25) is 17.7 Å². The molecular formula is C38H44N4O5. The third-order valence-electron chi connectivity index (χ3n) is 9.82. The van der Waals surface area contributed by atoms with Crippen LogP contribution in [0.15, 0.2) is 72.8 Å². The molecule has 0 bridgehead atoms. The average Bonchev–Trinajstić information content (AvgIpc) is 3.57. The van der Waals surface area contributed by atoms with Crippen LogP contribution in [0.4, 0.5) is 5.69 Å². The Hall–Kier alpha value is -4.34. The van der Waals surface area contributed by atoms with E-state index in [2.05, 4.69) is 21.6 Å². The third-order valence-corrected chi connectivity index (χ3v) is 9.82. The molecule has 2 aliphatic heterocycles. The zero-order chi connectivity index (χ0) is 32.8. The van der Waals surface area contributed by atoms with Crippen LogP contribution >= 0.6 is 0 Å². The lowest BCUT2D eigenvalue weighted by atomic mass is 9.92. The highest BCUT2D eigenvalue weighted by Gasteiger charge is 2.36. The lowest BCUT2D eigenvalue weighted by Gasteiger charge is -2.37. The van der Waals surface area contributed by atoms with Gasteiger partial charge in [0, 0.05) is 56.7 Å². The van der Waals surface area contributed by atoms with Crippen LogP contribution in [0.3, 0.4) is 0 Å². The summed E-state index contributed by atoms with van der Waals surface area (Å²) >= 11 is 0. The fraction of sp³-hybridized carbons (Fsp3) is 0.421. The van der Waals surface area contributed by atoms with Crippen LogP contribution in [0, 0.1) is 0 Å². The molecule has 2 unspecified atom stereocenters. The number of ketones is 1. The number of aliphatic hydroxyl groups is 1. The Labute approximate surface area is 276 Å². The fourth-order valence-corrected chi connectivity index (χ4v) is 7.02. The van der Waals surface area contributed by atoms with Gasteiger partial charge in [-0.05, 0) is 72.9 Å². The Morgan fingerprint density at radius 2 is 1.55 bits per heavy atom. The SMILES string of the molecule is O=C(CCC(=O)N1Cc2ccccc2CC1C(=O)NC(CCN1CCC(O)CC1)C(=O)Nc1ccc2c(c1)CCC2)c1ccccc1. The standard InChI is InChI=1S/C38H44N4O5/c43-32-17-20-41(21-18-32)22-19-33(37(46)39-31-14-13-26-11-6-12-28(26)23-31)40-38(47)34-24-29-9-4-5-10-30(29)25-42(34)36(45)16-15-35(44)27-7-2-1-3-8-27/h1-5,7-10,13-14,23,32-34,43H,6,11-12,15-22,24-25H2,(H,39,46)(H,40,47). The molecule has 9 heteroatoms. The van der Waals surface area contributed by atoms with Gasteiger partial charge >= 0.3 is 0 Å². The number of carbonyl (C=O) groups is 4. The molecule has 1 aliphatic carbocycles. The predicted octanol–water partition coefficient (Wildman–Crippen LogP) is 4.06. The molecule has 1 fully saturated rings. The van der Waals surface area contributed by atoms with Gasteiger partial charge in [0.1, 0.15) is 12.1 Å². The third kappa shape index (κ3) is 8.15. The van der Waals surface area contributed by atoms with Gasteiger partial charge < -0.3 is 25.5 Å². The van der Waals surface area contributed by atoms with E-state index in [0.717, 1.165) is 43.5 Å². The number of nitrogens with one attached hydrogen (secondary N) is 2. The second-order valence-corrected chi connectivity index (χ2v) is 13.0. The zero-order valence-corrected chi connectivity index (χ0v) is 26.8. The van der Waals surface area contributed by atoms with Gasteiger partial charge in [0.25, 0.3) is 0 Å². The van der Waals surface area contributed by atoms with Crippen LogP contribution in [0.5, 0.6) is 0 Å². The summed E-state index contributed by atoms with van der Waals surface area (Å²) < 4.78 is 0. The van der Waals surface area contributed by atoms with Gasteiger partial charge in [0.15, 0.2) is 5.78 Å². The van der Waals surface area contributed by atoms with Crippen molar-refractivity contribution < 1.29 is 24.3 Å². The number of rotatable bonds is 11. The lowest BCUT2D eigenvalue weighted by molar-refractivity contribution is -0.142. The summed E-state index contributed by atoms with van der Waals surface area (Å²) in [6, 6.07) is 21.0. The molecule has 9 nitrogen and oxygen atoms in total. The van der Waals surface area contributed by atoms with Crippen molar-refractivity contribution >= 4 is 29.2 Å². The Morgan fingerprint density at radius 1 is 0.830 bits per heavy atom. The van der Waals surface area contributed by atoms with E-state index in [1.807, 2.05) is 42.5 Å². The molecule has 246 valence electrons. The van der Waals surface area contributed by atoms with Gasteiger partial charge in [-0.25, -0.2) is 0 Å². The molecule has 0 radical (unpaired) electrons. The highest BCUT2D eigenvalue weighted by molar-refractivity contribution is 6.00. The van der Waals surface area contributed by atoms with Gasteiger partial charge in [-0.2, -0.15) is 0 Å². The van der Waals surface area contributed by atoms with E-state index < -0.39 is 12.1 Å². The first-order valence-corrected chi connectivity index (χ1v) is 16.9. The van der Waals surface area contributed by atoms with Crippen LogP contribution in [0.1, 0.15) is 71.1 Å². The van der Waals surface area contributed by atoms with E-state index in [1.54, 1.807) is 29.2 Å². The molecule has 3 aromatic rings. The molecule has 2 heterocycles. The summed E-state index contributed by atoms with van der Waals surface area (Å²) in [5, 5.41) is 16.0. The van der Waals surface area contributed by atoms with Crippen LogP contribution < -0.4 is 10.6 Å². The topological polar surface area (TPSA) is 119 Å². The van der Waals surface area contributed by atoms with Crippen molar-refractivity contribution in [3.63, 3.8) is 0 Å². The Bertz CT molecular complexity index is 1600. The van der Waals surface area contributed by atoms with Crippen molar-refractivity contribution in [1.29, 1.82) is 0 Å². The number of fused-ring (bicyclic) bond motifs is 2. The van der Waals surface area contributed by atoms with Crippen LogP contribution in [-0.4, -0.2) is 76.2 Å². The number of hydrogen-bond acceptors (Lipinski definition) is 6. The summed E-state index contributed by atoms with van der Waals surface area (Å²) in [5.74, 6) is -1.07. The zero-order valence-electron chi connectivity index (χ0n) is 26.8. The van der Waals surface area contributed by atoms with Crippen molar-refractivity contribution in [2.75, 3.05) is 25.0 Å². The fourth-order valence-electron chi connectivity index (χ4n) is 7.02. The Balaban J connectivity index is 1.18. The second kappa shape index (κ2) is 15.0. The Morgan fingerprint density at radius 3 is 2.34 bits per heavy atom. The van der Waals surface area contributed by atoms with Crippen LogP contribution in [0.2, 0.25) is 0 Å². The summed E-state index contributed by atoms with van der Waals surface area (Å²) in [7, 11) is 0. The number of benzene rings is 3.